The Hall–Kier alpha value is 0.350. The van der Waals surface area contributed by atoms with Gasteiger partial charge in [-0.1, -0.05) is 22.4 Å². The highest BCUT2D eigenvalue weighted by atomic mass is 79.9. The number of nitrogens with one attached hydrogen (secondary N) is 1. The van der Waals surface area contributed by atoms with E-state index in [0.29, 0.717) is 17.9 Å². The predicted octanol–water partition coefficient (Wildman–Crippen LogP) is 1.23. The molecule has 1 aliphatic heterocycles. The van der Waals surface area contributed by atoms with Gasteiger partial charge in [-0.25, -0.2) is 0 Å². The van der Waals surface area contributed by atoms with Crippen LogP contribution in [0.5, 0.6) is 0 Å². The molecular formula is C9H17BrN2O2S. The van der Waals surface area contributed by atoms with Crippen molar-refractivity contribution >= 4 is 26.1 Å². The van der Waals surface area contributed by atoms with Crippen molar-refractivity contribution in [3.05, 3.63) is 0 Å². The SMILES string of the molecule is O=S(=O)(NC1CCCC1Br)N1CCCC1. The Morgan fingerprint density at radius 2 is 1.80 bits per heavy atom. The normalized spacial score (nSPS) is 33.7. The van der Waals surface area contributed by atoms with Crippen LogP contribution in [0.25, 0.3) is 0 Å². The van der Waals surface area contributed by atoms with E-state index in [0.717, 1.165) is 32.1 Å². The van der Waals surface area contributed by atoms with E-state index in [1.54, 1.807) is 4.31 Å². The molecule has 0 aromatic rings. The van der Waals surface area contributed by atoms with Gasteiger partial charge < -0.3 is 0 Å². The largest absolute Gasteiger partial charge is 0.279 e. The molecule has 1 heterocycles. The van der Waals surface area contributed by atoms with Crippen molar-refractivity contribution in [2.45, 2.75) is 43.0 Å². The van der Waals surface area contributed by atoms with E-state index in [1.165, 1.54) is 0 Å². The summed E-state index contributed by atoms with van der Waals surface area (Å²) < 4.78 is 28.2. The van der Waals surface area contributed by atoms with Crippen molar-refractivity contribution in [1.29, 1.82) is 0 Å². The second-order valence-corrected chi connectivity index (χ2v) is 7.16. The highest BCUT2D eigenvalue weighted by Crippen LogP contribution is 2.26. The zero-order chi connectivity index (χ0) is 10.9. The van der Waals surface area contributed by atoms with E-state index in [1.807, 2.05) is 0 Å². The Kier molecular flexibility index (Phi) is 3.70. The lowest BCUT2D eigenvalue weighted by molar-refractivity contribution is 0.453. The summed E-state index contributed by atoms with van der Waals surface area (Å²) in [5, 5.41) is 0. The molecule has 0 aromatic heterocycles. The summed E-state index contributed by atoms with van der Waals surface area (Å²) >= 11 is 3.52. The molecule has 2 unspecified atom stereocenters. The van der Waals surface area contributed by atoms with Crippen LogP contribution in [0.1, 0.15) is 32.1 Å². The van der Waals surface area contributed by atoms with Gasteiger partial charge in [0.2, 0.25) is 0 Å². The van der Waals surface area contributed by atoms with Crippen LogP contribution in [0.2, 0.25) is 0 Å². The Morgan fingerprint density at radius 1 is 1.13 bits per heavy atom. The standard InChI is InChI=1S/C9H17BrN2O2S/c10-8-4-3-5-9(8)11-15(13,14)12-6-1-2-7-12/h8-9,11H,1-7H2. The minimum Gasteiger partial charge on any atom is -0.198 e. The van der Waals surface area contributed by atoms with Gasteiger partial charge in [0.05, 0.1) is 0 Å². The molecule has 2 rings (SSSR count). The quantitative estimate of drug-likeness (QED) is 0.797. The van der Waals surface area contributed by atoms with Crippen molar-refractivity contribution in [1.82, 2.24) is 9.03 Å². The van der Waals surface area contributed by atoms with Crippen LogP contribution in [0.3, 0.4) is 0 Å². The summed E-state index contributed by atoms with van der Waals surface area (Å²) in [5.41, 5.74) is 0. The van der Waals surface area contributed by atoms with Gasteiger partial charge in [-0.2, -0.15) is 17.4 Å². The molecule has 15 heavy (non-hydrogen) atoms. The highest BCUT2D eigenvalue weighted by Gasteiger charge is 2.32. The lowest BCUT2D eigenvalue weighted by atomic mass is 10.3. The fourth-order valence-electron chi connectivity index (χ4n) is 2.24. The van der Waals surface area contributed by atoms with Gasteiger partial charge >= 0.3 is 0 Å². The Morgan fingerprint density at radius 3 is 2.33 bits per heavy atom. The number of nitrogens with zero attached hydrogens (tertiary/aromatic N) is 1. The summed E-state index contributed by atoms with van der Waals surface area (Å²) in [4.78, 5) is 0.301. The summed E-state index contributed by atoms with van der Waals surface area (Å²) in [6.45, 7) is 1.35. The molecule has 1 aliphatic carbocycles. The van der Waals surface area contributed by atoms with Gasteiger partial charge in [-0.15, -0.1) is 0 Å². The summed E-state index contributed by atoms with van der Waals surface area (Å²) in [6, 6.07) is 0.0793. The van der Waals surface area contributed by atoms with Gasteiger partial charge in [-0.05, 0) is 25.7 Å². The molecular weight excluding hydrogens is 280 g/mol. The minimum atomic E-state index is -3.22. The molecule has 0 amide bonds. The number of halogens is 1. The molecule has 2 atom stereocenters. The van der Waals surface area contributed by atoms with Crippen molar-refractivity contribution in [2.75, 3.05) is 13.1 Å². The van der Waals surface area contributed by atoms with Crippen LogP contribution < -0.4 is 4.72 Å². The zero-order valence-corrected chi connectivity index (χ0v) is 11.1. The van der Waals surface area contributed by atoms with E-state index in [-0.39, 0.29) is 6.04 Å². The first-order valence-electron chi connectivity index (χ1n) is 5.51. The van der Waals surface area contributed by atoms with E-state index >= 15 is 0 Å². The number of rotatable bonds is 3. The fraction of sp³-hybridized carbons (Fsp3) is 1.00. The number of hydrogen-bond acceptors (Lipinski definition) is 2. The van der Waals surface area contributed by atoms with Gasteiger partial charge in [0.15, 0.2) is 0 Å². The molecule has 6 heteroatoms. The first kappa shape index (κ1) is 11.8. The molecule has 0 radical (unpaired) electrons. The van der Waals surface area contributed by atoms with Gasteiger partial charge in [0, 0.05) is 24.0 Å². The molecule has 1 N–H and O–H groups in total. The average molecular weight is 297 g/mol. The lowest BCUT2D eigenvalue weighted by Gasteiger charge is -2.21. The van der Waals surface area contributed by atoms with Crippen LogP contribution in [0, 0.1) is 0 Å². The average Bonchev–Trinajstić information content (AvgIpc) is 2.77. The van der Waals surface area contributed by atoms with Crippen molar-refractivity contribution in [3.8, 4) is 0 Å². The molecule has 88 valence electrons. The van der Waals surface area contributed by atoms with Gasteiger partial charge in [0.25, 0.3) is 10.2 Å². The topological polar surface area (TPSA) is 49.4 Å². The Balaban J connectivity index is 1.97. The molecule has 0 spiro atoms. The maximum absolute atomic E-state index is 11.9. The van der Waals surface area contributed by atoms with Crippen molar-refractivity contribution in [2.24, 2.45) is 0 Å². The first-order chi connectivity index (χ1) is 7.09. The maximum atomic E-state index is 11.9. The maximum Gasteiger partial charge on any atom is 0.279 e. The van der Waals surface area contributed by atoms with Crippen molar-refractivity contribution in [3.63, 3.8) is 0 Å². The van der Waals surface area contributed by atoms with E-state index in [2.05, 4.69) is 20.7 Å². The molecule has 2 fully saturated rings. The third-order valence-corrected chi connectivity index (χ3v) is 5.88. The van der Waals surface area contributed by atoms with E-state index < -0.39 is 10.2 Å². The van der Waals surface area contributed by atoms with Crippen LogP contribution in [0.4, 0.5) is 0 Å². The third-order valence-electron chi connectivity index (χ3n) is 3.14. The molecule has 0 bridgehead atoms. The summed E-state index contributed by atoms with van der Waals surface area (Å²) in [6.07, 6.45) is 5.09. The van der Waals surface area contributed by atoms with Gasteiger partial charge in [0.1, 0.15) is 0 Å². The molecule has 1 saturated carbocycles. The number of alkyl halides is 1. The zero-order valence-electron chi connectivity index (χ0n) is 8.65. The lowest BCUT2D eigenvalue weighted by Crippen LogP contribution is -2.45. The minimum absolute atomic E-state index is 0.0793. The van der Waals surface area contributed by atoms with E-state index in [4.69, 9.17) is 0 Å². The van der Waals surface area contributed by atoms with Crippen molar-refractivity contribution < 1.29 is 8.42 Å². The fourth-order valence-corrected chi connectivity index (χ4v) is 4.69. The second-order valence-electron chi connectivity index (χ2n) is 4.28. The molecule has 4 nitrogen and oxygen atoms in total. The van der Waals surface area contributed by atoms with Crippen LogP contribution >= 0.6 is 15.9 Å². The highest BCUT2D eigenvalue weighted by molar-refractivity contribution is 9.09. The van der Waals surface area contributed by atoms with Crippen LogP contribution in [-0.2, 0) is 10.2 Å². The Bertz CT molecular complexity index is 314. The first-order valence-corrected chi connectivity index (χ1v) is 7.86. The van der Waals surface area contributed by atoms with Crippen LogP contribution in [0.15, 0.2) is 0 Å². The summed E-state index contributed by atoms with van der Waals surface area (Å²) in [5.74, 6) is 0. The smallest absolute Gasteiger partial charge is 0.198 e. The number of hydrogen-bond donors (Lipinski definition) is 1. The monoisotopic (exact) mass is 296 g/mol. The van der Waals surface area contributed by atoms with Crippen LogP contribution in [-0.4, -0.2) is 36.7 Å². The third kappa shape index (κ3) is 2.72. The van der Waals surface area contributed by atoms with E-state index in [9.17, 15) is 8.42 Å². The molecule has 1 saturated heterocycles. The summed E-state index contributed by atoms with van der Waals surface area (Å²) in [7, 11) is -3.22. The Labute approximate surface area is 99.7 Å². The predicted molar refractivity (Wildman–Crippen MR) is 63.2 cm³/mol. The van der Waals surface area contributed by atoms with Gasteiger partial charge in [-0.3, -0.25) is 0 Å². The second kappa shape index (κ2) is 4.69. The molecule has 2 aliphatic rings. The molecule has 0 aromatic carbocycles.